The molecule has 0 heterocycles. The first kappa shape index (κ1) is 24.0. The van der Waals surface area contributed by atoms with Gasteiger partial charge in [-0.2, -0.15) is 0 Å². The molecule has 3 aromatic carbocycles. The van der Waals surface area contributed by atoms with Crippen molar-refractivity contribution >= 4 is 37.3 Å². The number of sulfonamides is 2. The van der Waals surface area contributed by atoms with Crippen molar-refractivity contribution in [2.24, 2.45) is 5.14 Å². The Labute approximate surface area is 191 Å². The van der Waals surface area contributed by atoms with E-state index in [1.54, 1.807) is 24.3 Å². The van der Waals surface area contributed by atoms with Crippen LogP contribution in [0.25, 0.3) is 0 Å². The molecule has 0 fully saturated rings. The van der Waals surface area contributed by atoms with Crippen LogP contribution in [0.3, 0.4) is 0 Å². The number of nitrogens with two attached hydrogens (primary N) is 1. The van der Waals surface area contributed by atoms with Gasteiger partial charge in [-0.05, 0) is 72.8 Å². The summed E-state index contributed by atoms with van der Waals surface area (Å²) in [6.45, 7) is -0.340. The van der Waals surface area contributed by atoms with Crippen molar-refractivity contribution in [3.05, 3.63) is 72.8 Å². The maximum atomic E-state index is 12.5. The van der Waals surface area contributed by atoms with Gasteiger partial charge >= 0.3 is 0 Å². The van der Waals surface area contributed by atoms with Gasteiger partial charge in [0.25, 0.3) is 15.9 Å². The Morgan fingerprint density at radius 1 is 0.788 bits per heavy atom. The van der Waals surface area contributed by atoms with Crippen LogP contribution in [0, 0.1) is 0 Å². The molecule has 4 N–H and O–H groups in total. The summed E-state index contributed by atoms with van der Waals surface area (Å²) in [4.78, 5) is 12.0. The molecule has 0 aromatic heterocycles. The minimum absolute atomic E-state index is 0.0186. The molecule has 10 nitrogen and oxygen atoms in total. The Balaban J connectivity index is 1.55. The summed E-state index contributed by atoms with van der Waals surface area (Å²) in [6, 6.07) is 17.3. The Bertz CT molecular complexity index is 1320. The van der Waals surface area contributed by atoms with Gasteiger partial charge in [0, 0.05) is 11.4 Å². The van der Waals surface area contributed by atoms with E-state index in [1.807, 2.05) is 0 Å². The normalized spacial score (nSPS) is 11.5. The second-order valence-corrected chi connectivity index (χ2v) is 9.96. The number of benzene rings is 3. The van der Waals surface area contributed by atoms with E-state index in [0.29, 0.717) is 17.1 Å². The number of methoxy groups -OCH3 is 1. The van der Waals surface area contributed by atoms with Crippen LogP contribution in [0.1, 0.15) is 0 Å². The quantitative estimate of drug-likeness (QED) is 0.414. The van der Waals surface area contributed by atoms with Gasteiger partial charge in [0.1, 0.15) is 11.5 Å². The number of carbonyl (C=O) groups excluding carboxylic acids is 1. The highest BCUT2D eigenvalue weighted by Crippen LogP contribution is 2.21. The predicted molar refractivity (Wildman–Crippen MR) is 122 cm³/mol. The molecule has 3 rings (SSSR count). The van der Waals surface area contributed by atoms with Crippen molar-refractivity contribution in [3.63, 3.8) is 0 Å². The van der Waals surface area contributed by atoms with E-state index in [4.69, 9.17) is 14.6 Å². The summed E-state index contributed by atoms with van der Waals surface area (Å²) < 4.78 is 60.4. The molecule has 0 radical (unpaired) electrons. The van der Waals surface area contributed by atoms with Crippen molar-refractivity contribution in [1.29, 1.82) is 0 Å². The summed E-state index contributed by atoms with van der Waals surface area (Å²) in [7, 11) is -6.12. The SMILES string of the molecule is COc1ccc(NS(=O)(=O)c2ccc(OCC(=O)Nc3ccc(S(N)(=O)=O)cc3)cc2)cc1. The van der Waals surface area contributed by atoms with E-state index < -0.39 is 26.0 Å². The third kappa shape index (κ3) is 6.68. The molecule has 0 atom stereocenters. The molecule has 33 heavy (non-hydrogen) atoms. The molecular weight excluding hydrogens is 470 g/mol. The van der Waals surface area contributed by atoms with Crippen molar-refractivity contribution in [2.75, 3.05) is 23.8 Å². The van der Waals surface area contributed by atoms with E-state index in [0.717, 1.165) is 0 Å². The van der Waals surface area contributed by atoms with E-state index >= 15 is 0 Å². The van der Waals surface area contributed by atoms with Gasteiger partial charge in [0.2, 0.25) is 10.0 Å². The third-order valence-corrected chi connectivity index (χ3v) is 6.64. The lowest BCUT2D eigenvalue weighted by Crippen LogP contribution is -2.20. The van der Waals surface area contributed by atoms with E-state index in [-0.39, 0.29) is 22.1 Å². The molecule has 0 bridgehead atoms. The summed E-state index contributed by atoms with van der Waals surface area (Å²) in [5.74, 6) is 0.401. The first-order valence-corrected chi connectivity index (χ1v) is 12.4. The molecule has 0 aliphatic carbocycles. The Morgan fingerprint density at radius 3 is 1.85 bits per heavy atom. The molecule has 3 aromatic rings. The number of rotatable bonds is 9. The Hall–Kier alpha value is -3.61. The average molecular weight is 492 g/mol. The average Bonchev–Trinajstić information content (AvgIpc) is 2.78. The zero-order chi connectivity index (χ0) is 24.1. The highest BCUT2D eigenvalue weighted by atomic mass is 32.2. The molecule has 1 amide bonds. The molecule has 0 unspecified atom stereocenters. The van der Waals surface area contributed by atoms with Crippen LogP contribution in [0.15, 0.2) is 82.6 Å². The summed E-state index contributed by atoms with van der Waals surface area (Å²) >= 11 is 0. The zero-order valence-electron chi connectivity index (χ0n) is 17.4. The standard InChI is InChI=1S/C21H21N3O7S2/c1-30-17-6-2-16(3-7-17)24-33(28,29)20-12-8-18(9-13-20)31-14-21(25)23-15-4-10-19(11-5-15)32(22,26)27/h2-13,24H,14H2,1H3,(H,23,25)(H2,22,26,27). The van der Waals surface area contributed by atoms with Crippen LogP contribution in [-0.4, -0.2) is 36.5 Å². The first-order chi connectivity index (χ1) is 15.6. The van der Waals surface area contributed by atoms with Gasteiger partial charge in [-0.15, -0.1) is 0 Å². The van der Waals surface area contributed by atoms with Gasteiger partial charge in [-0.25, -0.2) is 22.0 Å². The summed E-state index contributed by atoms with van der Waals surface area (Å²) in [5, 5.41) is 7.57. The molecule has 0 saturated heterocycles. The number of hydrogen-bond donors (Lipinski definition) is 3. The van der Waals surface area contributed by atoms with Gasteiger partial charge < -0.3 is 14.8 Å². The second kappa shape index (κ2) is 9.90. The number of ether oxygens (including phenoxy) is 2. The fourth-order valence-corrected chi connectivity index (χ4v) is 4.24. The monoisotopic (exact) mass is 491 g/mol. The lowest BCUT2D eigenvalue weighted by atomic mass is 10.3. The van der Waals surface area contributed by atoms with Crippen LogP contribution < -0.4 is 24.7 Å². The van der Waals surface area contributed by atoms with Crippen LogP contribution in [0.4, 0.5) is 11.4 Å². The number of hydrogen-bond acceptors (Lipinski definition) is 7. The second-order valence-electron chi connectivity index (χ2n) is 6.71. The molecule has 0 aliphatic heterocycles. The van der Waals surface area contributed by atoms with Crippen LogP contribution >= 0.6 is 0 Å². The molecule has 0 saturated carbocycles. The lowest BCUT2D eigenvalue weighted by molar-refractivity contribution is -0.118. The molecular formula is C21H21N3O7S2. The van der Waals surface area contributed by atoms with E-state index in [1.165, 1.54) is 55.6 Å². The topological polar surface area (TPSA) is 154 Å². The molecule has 174 valence electrons. The van der Waals surface area contributed by atoms with Gasteiger partial charge in [0.15, 0.2) is 6.61 Å². The number of anilines is 2. The van der Waals surface area contributed by atoms with Crippen molar-refractivity contribution in [1.82, 2.24) is 0 Å². The van der Waals surface area contributed by atoms with E-state index in [9.17, 15) is 21.6 Å². The third-order valence-electron chi connectivity index (χ3n) is 4.31. The maximum absolute atomic E-state index is 12.5. The largest absolute Gasteiger partial charge is 0.497 e. The molecule has 0 spiro atoms. The summed E-state index contributed by atoms with van der Waals surface area (Å²) in [5.41, 5.74) is 0.743. The first-order valence-electron chi connectivity index (χ1n) is 9.39. The zero-order valence-corrected chi connectivity index (χ0v) is 19.0. The lowest BCUT2D eigenvalue weighted by Gasteiger charge is -2.10. The summed E-state index contributed by atoms with van der Waals surface area (Å²) in [6.07, 6.45) is 0. The minimum Gasteiger partial charge on any atom is -0.497 e. The number of carbonyl (C=O) groups is 1. The fourth-order valence-electron chi connectivity index (χ4n) is 2.66. The predicted octanol–water partition coefficient (Wildman–Crippen LogP) is 2.16. The maximum Gasteiger partial charge on any atom is 0.262 e. The Morgan fingerprint density at radius 2 is 1.30 bits per heavy atom. The molecule has 12 heteroatoms. The highest BCUT2D eigenvalue weighted by Gasteiger charge is 2.15. The van der Waals surface area contributed by atoms with Gasteiger partial charge in [-0.1, -0.05) is 0 Å². The van der Waals surface area contributed by atoms with Crippen molar-refractivity contribution in [3.8, 4) is 11.5 Å². The van der Waals surface area contributed by atoms with Crippen molar-refractivity contribution < 1.29 is 31.1 Å². The Kier molecular flexibility index (Phi) is 7.21. The van der Waals surface area contributed by atoms with Crippen LogP contribution in [0.5, 0.6) is 11.5 Å². The number of amides is 1. The van der Waals surface area contributed by atoms with E-state index in [2.05, 4.69) is 10.0 Å². The van der Waals surface area contributed by atoms with Gasteiger partial charge in [-0.3, -0.25) is 9.52 Å². The fraction of sp³-hybridized carbons (Fsp3) is 0.0952. The van der Waals surface area contributed by atoms with Crippen molar-refractivity contribution in [2.45, 2.75) is 9.79 Å². The van der Waals surface area contributed by atoms with Gasteiger partial charge in [0.05, 0.1) is 16.9 Å². The number of primary sulfonamides is 1. The number of nitrogens with one attached hydrogen (secondary N) is 2. The highest BCUT2D eigenvalue weighted by molar-refractivity contribution is 7.92. The minimum atomic E-state index is -3.82. The van der Waals surface area contributed by atoms with Crippen LogP contribution in [-0.2, 0) is 24.8 Å². The van der Waals surface area contributed by atoms with Crippen LogP contribution in [0.2, 0.25) is 0 Å². The molecule has 0 aliphatic rings. The smallest absolute Gasteiger partial charge is 0.262 e.